The number of alkyl halides is 15. The van der Waals surface area contributed by atoms with E-state index in [0.717, 1.165) is 0 Å². The second-order valence-electron chi connectivity index (χ2n) is 6.99. The Bertz CT molecular complexity index is 980. The van der Waals surface area contributed by atoms with Crippen molar-refractivity contribution < 1.29 is 92.5 Å². The molecule has 1 nitrogen and oxygen atoms in total. The molecule has 0 aromatic heterocycles. The molecule has 37 heavy (non-hydrogen) atoms. The molecule has 1 aromatic carbocycles. The van der Waals surface area contributed by atoms with Crippen molar-refractivity contribution in [1.82, 2.24) is 0 Å². The minimum absolute atomic E-state index is 0.0261. The number of ether oxygens (including phenoxy) is 1. The molecule has 0 saturated heterocycles. The first-order chi connectivity index (χ1) is 16.1. The Morgan fingerprint density at radius 1 is 0.486 bits per heavy atom. The van der Waals surface area contributed by atoms with Crippen LogP contribution in [0, 0.1) is 29.1 Å². The van der Waals surface area contributed by atoms with Crippen LogP contribution in [-0.4, -0.2) is 48.8 Å². The van der Waals surface area contributed by atoms with Crippen molar-refractivity contribution in [3.63, 3.8) is 0 Å². The predicted octanol–water partition coefficient (Wildman–Crippen LogP) is 7.83. The fourth-order valence-corrected chi connectivity index (χ4v) is 2.57. The van der Waals surface area contributed by atoms with E-state index in [1.165, 1.54) is 0 Å². The molecule has 0 aliphatic carbocycles. The van der Waals surface area contributed by atoms with Crippen LogP contribution in [0.25, 0.3) is 0 Å². The Kier molecular flexibility index (Phi) is 8.17. The summed E-state index contributed by atoms with van der Waals surface area (Å²) in [6, 6.07) is 0. The lowest BCUT2D eigenvalue weighted by atomic mass is 9.88. The molecule has 0 heterocycles. The highest BCUT2D eigenvalue weighted by atomic mass is 19.4. The van der Waals surface area contributed by atoms with Gasteiger partial charge in [-0.2, -0.15) is 65.9 Å². The first-order valence-electron chi connectivity index (χ1n) is 8.47. The average molecular weight is 594 g/mol. The monoisotopic (exact) mass is 594 g/mol. The smallest absolute Gasteiger partial charge is 0.376 e. The molecule has 0 saturated carbocycles. The number of hydrogen-bond donors (Lipinski definition) is 0. The van der Waals surface area contributed by atoms with Crippen LogP contribution in [0.3, 0.4) is 0 Å². The Balaban J connectivity index is 3.69. The van der Waals surface area contributed by atoms with Gasteiger partial charge in [0.15, 0.2) is 23.3 Å². The van der Waals surface area contributed by atoms with Gasteiger partial charge in [-0.3, -0.25) is 0 Å². The Hall–Kier alpha value is -2.22. The van der Waals surface area contributed by atoms with Gasteiger partial charge in [0.05, 0.1) is 11.7 Å². The molecule has 0 fully saturated rings. The van der Waals surface area contributed by atoms with E-state index in [1.54, 1.807) is 0 Å². The summed E-state index contributed by atoms with van der Waals surface area (Å²) in [7, 11) is -0.0261. The Labute approximate surface area is 190 Å². The van der Waals surface area contributed by atoms with Gasteiger partial charge in [-0.1, -0.05) is 0 Å². The molecule has 216 valence electrons. The maximum atomic E-state index is 14.0. The molecule has 0 amide bonds. The van der Waals surface area contributed by atoms with Crippen molar-refractivity contribution in [2.45, 2.75) is 54.2 Å². The highest BCUT2D eigenvalue weighted by molar-refractivity contribution is 5.27. The van der Waals surface area contributed by atoms with Gasteiger partial charge in [0.25, 0.3) is 0 Å². The zero-order valence-electron chi connectivity index (χ0n) is 16.8. The van der Waals surface area contributed by atoms with Gasteiger partial charge < -0.3 is 4.74 Å². The lowest BCUT2D eigenvalue weighted by molar-refractivity contribution is -0.453. The molecule has 0 radical (unpaired) electrons. The van der Waals surface area contributed by atoms with Crippen molar-refractivity contribution in [2.75, 3.05) is 7.11 Å². The molecule has 0 N–H and O–H groups in total. The number of halogens is 20. The maximum absolute atomic E-state index is 14.0. The highest BCUT2D eigenvalue weighted by Crippen LogP contribution is 2.63. The zero-order valence-corrected chi connectivity index (χ0v) is 16.8. The van der Waals surface area contributed by atoms with Gasteiger partial charge in [-0.05, 0) is 0 Å². The lowest BCUT2D eigenvalue weighted by Crippen LogP contribution is -2.72. The van der Waals surface area contributed by atoms with Crippen molar-refractivity contribution in [2.24, 2.45) is 0 Å². The van der Waals surface area contributed by atoms with Crippen LogP contribution in [0.5, 0.6) is 0 Å². The van der Waals surface area contributed by atoms with Crippen LogP contribution < -0.4 is 0 Å². The number of methoxy groups -OCH3 is 1. The number of benzene rings is 1. The van der Waals surface area contributed by atoms with E-state index in [0.29, 0.717) is 0 Å². The van der Waals surface area contributed by atoms with Crippen LogP contribution in [0.2, 0.25) is 0 Å². The molecule has 0 spiro atoms. The van der Waals surface area contributed by atoms with Gasteiger partial charge in [0.2, 0.25) is 5.82 Å². The minimum Gasteiger partial charge on any atom is -0.376 e. The first kappa shape index (κ1) is 32.8. The first-order valence-corrected chi connectivity index (χ1v) is 8.47. The number of rotatable bonds is 9. The lowest BCUT2D eigenvalue weighted by Gasteiger charge is -2.42. The second kappa shape index (κ2) is 9.21. The molecular formula is C16H6F20O. The molecule has 0 aliphatic heterocycles. The quantitative estimate of drug-likeness (QED) is 0.161. The summed E-state index contributed by atoms with van der Waals surface area (Å²) in [4.78, 5) is 0. The van der Waals surface area contributed by atoms with Crippen LogP contribution in [0.1, 0.15) is 18.1 Å². The van der Waals surface area contributed by atoms with Gasteiger partial charge in [0.1, 0.15) is 0 Å². The molecular weight excluding hydrogens is 588 g/mol. The van der Waals surface area contributed by atoms with E-state index in [2.05, 4.69) is 4.74 Å². The van der Waals surface area contributed by atoms with E-state index in [9.17, 15) is 87.8 Å². The third-order valence-corrected chi connectivity index (χ3v) is 4.68. The summed E-state index contributed by atoms with van der Waals surface area (Å²) in [5, 5.41) is 0. The molecule has 1 unspecified atom stereocenters. The summed E-state index contributed by atoms with van der Waals surface area (Å²) in [5.74, 6) is -64.1. The SMILES string of the molecule is COC(CC(F)(F)C(F)(F)C(F)(F)C(F)(F)C(F)(F)C(F)(F)C(F)(F)F)c1c(F)c(F)c(F)c(F)c1F. The summed E-state index contributed by atoms with van der Waals surface area (Å²) >= 11 is 0. The standard InChI is InChI=1S/C16H6F20O/c1-37-3(4-5(17)7(19)9(21)8(20)6(4)18)2-10(22,23)11(24,25)12(26,27)13(28,29)14(30,31)15(32,33)16(34,35)36/h3H,2H2,1H3. The molecule has 1 atom stereocenters. The fourth-order valence-electron chi connectivity index (χ4n) is 2.57. The van der Waals surface area contributed by atoms with Crippen molar-refractivity contribution in [3.8, 4) is 0 Å². The van der Waals surface area contributed by atoms with Gasteiger partial charge in [-0.25, -0.2) is 22.0 Å². The van der Waals surface area contributed by atoms with Crippen molar-refractivity contribution >= 4 is 0 Å². The van der Waals surface area contributed by atoms with Crippen LogP contribution >= 0.6 is 0 Å². The summed E-state index contributed by atoms with van der Waals surface area (Å²) in [6.45, 7) is 0. The van der Waals surface area contributed by atoms with Gasteiger partial charge in [0, 0.05) is 13.5 Å². The van der Waals surface area contributed by atoms with E-state index in [4.69, 9.17) is 0 Å². The zero-order chi connectivity index (χ0) is 30.0. The molecule has 21 heteroatoms. The van der Waals surface area contributed by atoms with Crippen molar-refractivity contribution in [3.05, 3.63) is 34.6 Å². The van der Waals surface area contributed by atoms with E-state index in [1.807, 2.05) is 0 Å². The third kappa shape index (κ3) is 4.53. The maximum Gasteiger partial charge on any atom is 0.460 e. The van der Waals surface area contributed by atoms with E-state index < -0.39 is 88.9 Å². The molecule has 1 rings (SSSR count). The minimum atomic E-state index is -8.63. The Morgan fingerprint density at radius 3 is 1.11 bits per heavy atom. The molecule has 0 aliphatic rings. The third-order valence-electron chi connectivity index (χ3n) is 4.68. The Morgan fingerprint density at radius 2 is 0.784 bits per heavy atom. The highest BCUT2D eigenvalue weighted by Gasteiger charge is 2.93. The summed E-state index contributed by atoms with van der Waals surface area (Å²) in [6.07, 6.45) is -15.0. The fraction of sp³-hybridized carbons (Fsp3) is 0.625. The second-order valence-corrected chi connectivity index (χ2v) is 6.99. The molecule has 1 aromatic rings. The van der Waals surface area contributed by atoms with Crippen LogP contribution in [-0.2, 0) is 4.74 Å². The topological polar surface area (TPSA) is 9.23 Å². The predicted molar refractivity (Wildman–Crippen MR) is 76.3 cm³/mol. The largest absolute Gasteiger partial charge is 0.460 e. The van der Waals surface area contributed by atoms with Gasteiger partial charge >= 0.3 is 41.7 Å². The molecule has 0 bridgehead atoms. The summed E-state index contributed by atoms with van der Waals surface area (Å²) < 4.78 is 269. The van der Waals surface area contributed by atoms with E-state index in [-0.39, 0.29) is 7.11 Å². The van der Waals surface area contributed by atoms with Crippen molar-refractivity contribution in [1.29, 1.82) is 0 Å². The van der Waals surface area contributed by atoms with Crippen LogP contribution in [0.4, 0.5) is 87.8 Å². The van der Waals surface area contributed by atoms with E-state index >= 15 is 0 Å². The normalized spacial score (nSPS) is 15.8. The average Bonchev–Trinajstić information content (AvgIpc) is 2.73. The summed E-state index contributed by atoms with van der Waals surface area (Å²) in [5.41, 5.74) is -2.58. The van der Waals surface area contributed by atoms with Crippen LogP contribution in [0.15, 0.2) is 0 Å². The van der Waals surface area contributed by atoms with Gasteiger partial charge in [-0.15, -0.1) is 0 Å². The number of hydrogen-bond acceptors (Lipinski definition) is 1.